The lowest BCUT2D eigenvalue weighted by Gasteiger charge is -2.24. The van der Waals surface area contributed by atoms with Gasteiger partial charge in [0, 0.05) is 36.8 Å². The van der Waals surface area contributed by atoms with Crippen LogP contribution >= 0.6 is 11.6 Å². The van der Waals surface area contributed by atoms with Crippen LogP contribution in [-0.2, 0) is 14.3 Å². The van der Waals surface area contributed by atoms with Gasteiger partial charge in [-0.2, -0.15) is 0 Å². The van der Waals surface area contributed by atoms with E-state index in [1.807, 2.05) is 4.90 Å². The first-order valence-corrected chi connectivity index (χ1v) is 13.7. The predicted octanol–water partition coefficient (Wildman–Crippen LogP) is 3.93. The van der Waals surface area contributed by atoms with Crippen molar-refractivity contribution in [2.75, 3.05) is 50.1 Å². The van der Waals surface area contributed by atoms with E-state index in [0.717, 1.165) is 12.8 Å². The van der Waals surface area contributed by atoms with E-state index in [4.69, 9.17) is 31.5 Å². The number of aromatic nitrogens is 2. The molecule has 2 atom stereocenters. The number of hydrogen-bond donors (Lipinski definition) is 3. The maximum absolute atomic E-state index is 15.0. The summed E-state index contributed by atoms with van der Waals surface area (Å²) in [4.78, 5) is 23.5. The number of nitrogens with one attached hydrogen (secondary N) is 2. The molecular weight excluding hydrogens is 558 g/mol. The Kier molecular flexibility index (Phi) is 7.75. The molecule has 10 nitrogen and oxygen atoms in total. The molecular formula is C28H29ClF2N6O4. The number of nitrogens with two attached hydrogens (primary N) is 1. The fraction of sp³-hybridized carbons (Fsp3) is 0.393. The van der Waals surface area contributed by atoms with Gasteiger partial charge in [0.1, 0.15) is 30.3 Å². The molecule has 0 unspecified atom stereocenters. The van der Waals surface area contributed by atoms with Crippen molar-refractivity contribution in [3.63, 3.8) is 0 Å². The highest BCUT2D eigenvalue weighted by atomic mass is 35.5. The van der Waals surface area contributed by atoms with Gasteiger partial charge in [0.25, 0.3) is 5.91 Å². The number of fused-ring (bicyclic) bond motifs is 2. The summed E-state index contributed by atoms with van der Waals surface area (Å²) < 4.78 is 46.0. The van der Waals surface area contributed by atoms with Crippen molar-refractivity contribution >= 4 is 45.6 Å². The maximum atomic E-state index is 15.0. The monoisotopic (exact) mass is 586 g/mol. The van der Waals surface area contributed by atoms with Crippen molar-refractivity contribution in [1.29, 1.82) is 0 Å². The van der Waals surface area contributed by atoms with Crippen molar-refractivity contribution in [3.8, 4) is 5.75 Å². The van der Waals surface area contributed by atoms with E-state index in [9.17, 15) is 13.6 Å². The molecule has 6 rings (SSSR count). The Labute approximate surface area is 239 Å². The summed E-state index contributed by atoms with van der Waals surface area (Å²) in [6.45, 7) is 2.76. The lowest BCUT2D eigenvalue weighted by Crippen LogP contribution is -2.36. The molecule has 3 heterocycles. The lowest BCUT2D eigenvalue weighted by molar-refractivity contribution is -0.116. The molecule has 3 aliphatic rings. The zero-order valence-electron chi connectivity index (χ0n) is 22.0. The SMILES string of the molecule is NC1(COc2cc3ncnc(Nc4ccc(F)c(Cl)c4)c3cc2NC(=O)/C(F)=C/CN2C[C@@H]3OCCO[C@@H]3C2)CC1. The number of hydrogen-bond acceptors (Lipinski definition) is 9. The average Bonchev–Trinajstić information content (AvgIpc) is 3.55. The molecule has 2 saturated heterocycles. The van der Waals surface area contributed by atoms with E-state index in [0.29, 0.717) is 54.5 Å². The van der Waals surface area contributed by atoms with Crippen LogP contribution in [0.25, 0.3) is 10.9 Å². The van der Waals surface area contributed by atoms with Gasteiger partial charge in [-0.25, -0.2) is 18.7 Å². The summed E-state index contributed by atoms with van der Waals surface area (Å²) >= 11 is 5.93. The highest BCUT2D eigenvalue weighted by Gasteiger charge is 2.39. The number of ether oxygens (including phenoxy) is 3. The third-order valence-corrected chi connectivity index (χ3v) is 7.65. The Hall–Kier alpha value is -3.42. The molecule has 3 fully saturated rings. The topological polar surface area (TPSA) is 124 Å². The fourth-order valence-corrected chi connectivity index (χ4v) is 4.99. The standard InChI is InChI=1S/C28H29ClF2N6O4/c29-18-9-16(1-2-19(18)30)35-26-17-10-22(23(11-21(17)33-15-34-26)41-14-28(32)4-5-28)36-27(38)20(31)3-6-37-12-24-25(13-37)40-8-7-39-24/h1-3,9-11,15,24-25H,4-8,12-14,32H2,(H,36,38)(H,33,34,35)/b20-3-/t24-,25+. The molecule has 41 heavy (non-hydrogen) atoms. The van der Waals surface area contributed by atoms with Gasteiger partial charge in [0.15, 0.2) is 5.83 Å². The van der Waals surface area contributed by atoms with Crippen LogP contribution in [0.1, 0.15) is 12.8 Å². The van der Waals surface area contributed by atoms with Crippen LogP contribution in [0, 0.1) is 5.82 Å². The number of nitrogens with zero attached hydrogens (tertiary/aromatic N) is 3. The van der Waals surface area contributed by atoms with Gasteiger partial charge < -0.3 is 30.6 Å². The van der Waals surface area contributed by atoms with Crippen molar-refractivity contribution in [2.24, 2.45) is 5.73 Å². The molecule has 3 aromatic rings. The van der Waals surface area contributed by atoms with Crippen LogP contribution in [-0.4, -0.2) is 78.0 Å². The first-order valence-electron chi connectivity index (χ1n) is 13.3. The maximum Gasteiger partial charge on any atom is 0.284 e. The van der Waals surface area contributed by atoms with E-state index >= 15 is 0 Å². The van der Waals surface area contributed by atoms with Crippen molar-refractivity contribution in [3.05, 3.63) is 59.4 Å². The van der Waals surface area contributed by atoms with Gasteiger partial charge >= 0.3 is 0 Å². The van der Waals surface area contributed by atoms with E-state index in [2.05, 4.69) is 20.6 Å². The van der Waals surface area contributed by atoms with Crippen molar-refractivity contribution < 1.29 is 27.8 Å². The molecule has 1 aliphatic carbocycles. The Bertz CT molecular complexity index is 1490. The fourth-order valence-electron chi connectivity index (χ4n) is 4.81. The number of halogens is 3. The third-order valence-electron chi connectivity index (χ3n) is 7.36. The lowest BCUT2D eigenvalue weighted by atomic mass is 10.1. The van der Waals surface area contributed by atoms with Crippen LogP contribution in [0.15, 0.2) is 48.6 Å². The average molecular weight is 587 g/mol. The van der Waals surface area contributed by atoms with Crippen molar-refractivity contribution in [1.82, 2.24) is 14.9 Å². The van der Waals surface area contributed by atoms with Crippen LogP contribution < -0.4 is 21.1 Å². The summed E-state index contributed by atoms with van der Waals surface area (Å²) in [7, 11) is 0. The highest BCUT2D eigenvalue weighted by molar-refractivity contribution is 6.31. The summed E-state index contributed by atoms with van der Waals surface area (Å²) in [5.74, 6) is -1.75. The number of rotatable bonds is 9. The third kappa shape index (κ3) is 6.41. The van der Waals surface area contributed by atoms with Gasteiger partial charge in [-0.15, -0.1) is 0 Å². The van der Waals surface area contributed by atoms with Gasteiger partial charge in [-0.3, -0.25) is 9.69 Å². The predicted molar refractivity (Wildman–Crippen MR) is 150 cm³/mol. The number of carbonyl (C=O) groups is 1. The quantitative estimate of drug-likeness (QED) is 0.320. The molecule has 1 saturated carbocycles. The molecule has 2 aromatic carbocycles. The summed E-state index contributed by atoms with van der Waals surface area (Å²) in [5, 5.41) is 6.17. The van der Waals surface area contributed by atoms with Crippen LogP contribution in [0.5, 0.6) is 5.75 Å². The van der Waals surface area contributed by atoms with Gasteiger partial charge in [-0.1, -0.05) is 11.6 Å². The number of benzene rings is 2. The number of carbonyl (C=O) groups excluding carboxylic acids is 1. The molecule has 1 aromatic heterocycles. The molecule has 13 heteroatoms. The first-order chi connectivity index (χ1) is 19.8. The zero-order chi connectivity index (χ0) is 28.6. The van der Waals surface area contributed by atoms with E-state index in [1.54, 1.807) is 12.1 Å². The van der Waals surface area contributed by atoms with Gasteiger partial charge in [0.05, 0.1) is 47.2 Å². The minimum atomic E-state index is -0.936. The largest absolute Gasteiger partial charge is 0.489 e. The van der Waals surface area contributed by atoms with Gasteiger partial charge in [-0.05, 0) is 43.2 Å². The smallest absolute Gasteiger partial charge is 0.284 e. The number of amides is 1. The minimum absolute atomic E-state index is 0.0420. The Morgan fingerprint density at radius 2 is 1.95 bits per heavy atom. The minimum Gasteiger partial charge on any atom is -0.489 e. The molecule has 0 radical (unpaired) electrons. The number of anilines is 3. The Morgan fingerprint density at radius 1 is 1.20 bits per heavy atom. The second kappa shape index (κ2) is 11.5. The second-order valence-corrected chi connectivity index (χ2v) is 10.9. The number of likely N-dealkylation sites (tertiary alicyclic amines) is 1. The normalized spacial score (nSPS) is 21.9. The summed E-state index contributed by atoms with van der Waals surface area (Å²) in [6.07, 6.45) is 4.16. The van der Waals surface area contributed by atoms with Crippen LogP contribution in [0.2, 0.25) is 5.02 Å². The molecule has 216 valence electrons. The summed E-state index contributed by atoms with van der Waals surface area (Å²) in [6, 6.07) is 7.40. The van der Waals surface area contributed by atoms with Crippen LogP contribution in [0.3, 0.4) is 0 Å². The Morgan fingerprint density at radius 3 is 2.66 bits per heavy atom. The molecule has 2 aliphatic heterocycles. The van der Waals surface area contributed by atoms with E-state index < -0.39 is 23.1 Å². The highest BCUT2D eigenvalue weighted by Crippen LogP contribution is 2.37. The van der Waals surface area contributed by atoms with Gasteiger partial charge in [0.2, 0.25) is 0 Å². The molecule has 0 spiro atoms. The molecule has 1 amide bonds. The van der Waals surface area contributed by atoms with Crippen LogP contribution in [0.4, 0.5) is 26.0 Å². The molecule has 0 bridgehead atoms. The zero-order valence-corrected chi connectivity index (χ0v) is 22.8. The van der Waals surface area contributed by atoms with E-state index in [1.165, 1.54) is 30.6 Å². The second-order valence-electron chi connectivity index (χ2n) is 10.5. The van der Waals surface area contributed by atoms with Crippen molar-refractivity contribution in [2.45, 2.75) is 30.6 Å². The summed E-state index contributed by atoms with van der Waals surface area (Å²) in [5.41, 5.74) is 6.99. The Balaban J connectivity index is 1.23. The molecule has 4 N–H and O–H groups in total. The van der Waals surface area contributed by atoms with E-state index in [-0.39, 0.29) is 36.1 Å². The first kappa shape index (κ1) is 27.7.